The number of ether oxygens (including phenoxy) is 1. The van der Waals surface area contributed by atoms with E-state index in [4.69, 9.17) is 4.74 Å². The van der Waals surface area contributed by atoms with Gasteiger partial charge in [-0.3, -0.25) is 0 Å². The first-order valence-electron chi connectivity index (χ1n) is 5.98. The molecule has 2 saturated carbocycles. The van der Waals surface area contributed by atoms with Crippen molar-refractivity contribution in [1.82, 2.24) is 5.32 Å². The van der Waals surface area contributed by atoms with E-state index in [0.717, 1.165) is 32.1 Å². The minimum absolute atomic E-state index is 0.165. The van der Waals surface area contributed by atoms with Crippen molar-refractivity contribution in [3.63, 3.8) is 0 Å². The number of sulfone groups is 1. The van der Waals surface area contributed by atoms with Crippen LogP contribution in [-0.2, 0) is 14.6 Å². The summed E-state index contributed by atoms with van der Waals surface area (Å²) in [6.07, 6.45) is 6.60. The van der Waals surface area contributed by atoms with E-state index in [9.17, 15) is 8.42 Å². The smallest absolute Gasteiger partial charge is 0.151 e. The third-order valence-corrected chi connectivity index (χ3v) is 5.54. The van der Waals surface area contributed by atoms with Gasteiger partial charge in [0.05, 0.1) is 11.4 Å². The van der Waals surface area contributed by atoms with Crippen molar-refractivity contribution in [3.8, 4) is 0 Å². The van der Waals surface area contributed by atoms with Gasteiger partial charge in [-0.1, -0.05) is 6.42 Å². The molecule has 2 unspecified atom stereocenters. The maximum Gasteiger partial charge on any atom is 0.151 e. The highest BCUT2D eigenvalue weighted by molar-refractivity contribution is 7.91. The molecule has 2 rings (SSSR count). The Bertz CT molecular complexity index is 335. The molecule has 0 aromatic heterocycles. The molecule has 0 spiro atoms. The van der Waals surface area contributed by atoms with E-state index in [-0.39, 0.29) is 11.3 Å². The summed E-state index contributed by atoms with van der Waals surface area (Å²) in [4.78, 5) is 0. The Morgan fingerprint density at radius 2 is 1.94 bits per heavy atom. The number of rotatable bonds is 4. The normalized spacial score (nSPS) is 39.6. The average Bonchev–Trinajstić information content (AvgIpc) is 2.57. The fourth-order valence-electron chi connectivity index (χ4n) is 2.83. The zero-order chi connectivity index (χ0) is 11.8. The van der Waals surface area contributed by atoms with Gasteiger partial charge in [-0.05, 0) is 25.7 Å². The summed E-state index contributed by atoms with van der Waals surface area (Å²) in [5.41, 5.74) is 0. The Morgan fingerprint density at radius 1 is 1.25 bits per heavy atom. The highest BCUT2D eigenvalue weighted by atomic mass is 32.2. The Hall–Kier alpha value is -0.130. The molecule has 1 N–H and O–H groups in total. The zero-order valence-electron chi connectivity index (χ0n) is 9.98. The number of hydrogen-bond acceptors (Lipinski definition) is 4. The lowest BCUT2D eigenvalue weighted by Gasteiger charge is -2.37. The molecule has 2 aliphatic rings. The third-order valence-electron chi connectivity index (χ3n) is 3.88. The lowest BCUT2D eigenvalue weighted by Crippen LogP contribution is -2.52. The summed E-state index contributed by atoms with van der Waals surface area (Å²) in [6.45, 7) is 0. The topological polar surface area (TPSA) is 55.4 Å². The summed E-state index contributed by atoms with van der Waals surface area (Å²) >= 11 is 0. The largest absolute Gasteiger partial charge is 0.381 e. The molecule has 0 bridgehead atoms. The first kappa shape index (κ1) is 12.3. The highest BCUT2D eigenvalue weighted by Crippen LogP contribution is 2.29. The third kappa shape index (κ3) is 2.57. The van der Waals surface area contributed by atoms with Crippen molar-refractivity contribution in [3.05, 3.63) is 0 Å². The maximum absolute atomic E-state index is 11.6. The molecule has 5 heteroatoms. The minimum Gasteiger partial charge on any atom is -0.381 e. The summed E-state index contributed by atoms with van der Waals surface area (Å²) in [6, 6.07) is 0.620. The second-order valence-electron chi connectivity index (χ2n) is 5.10. The van der Waals surface area contributed by atoms with E-state index in [1.54, 1.807) is 7.11 Å². The molecule has 0 amide bonds. The van der Waals surface area contributed by atoms with Gasteiger partial charge in [-0.15, -0.1) is 0 Å². The van der Waals surface area contributed by atoms with Crippen LogP contribution in [0.4, 0.5) is 0 Å². The van der Waals surface area contributed by atoms with Crippen molar-refractivity contribution in [1.29, 1.82) is 0 Å². The van der Waals surface area contributed by atoms with E-state index in [1.165, 1.54) is 6.26 Å². The SMILES string of the molecule is COC1CC(NC2CCCC2S(C)(=O)=O)C1. The molecule has 0 radical (unpaired) electrons. The highest BCUT2D eigenvalue weighted by Gasteiger charge is 2.38. The second kappa shape index (κ2) is 4.63. The first-order chi connectivity index (χ1) is 7.50. The van der Waals surface area contributed by atoms with Crippen molar-refractivity contribution < 1.29 is 13.2 Å². The van der Waals surface area contributed by atoms with Gasteiger partial charge in [-0.25, -0.2) is 8.42 Å². The molecular formula is C11H21NO3S. The molecule has 2 aliphatic carbocycles. The van der Waals surface area contributed by atoms with Gasteiger partial charge >= 0.3 is 0 Å². The Labute approximate surface area is 97.7 Å². The monoisotopic (exact) mass is 247 g/mol. The van der Waals surface area contributed by atoms with Gasteiger partial charge in [-0.2, -0.15) is 0 Å². The van der Waals surface area contributed by atoms with Gasteiger partial charge in [0.25, 0.3) is 0 Å². The maximum atomic E-state index is 11.6. The first-order valence-corrected chi connectivity index (χ1v) is 7.94. The van der Waals surface area contributed by atoms with E-state index in [0.29, 0.717) is 12.1 Å². The second-order valence-corrected chi connectivity index (χ2v) is 7.36. The van der Waals surface area contributed by atoms with E-state index < -0.39 is 9.84 Å². The van der Waals surface area contributed by atoms with Crippen LogP contribution >= 0.6 is 0 Å². The van der Waals surface area contributed by atoms with E-state index in [2.05, 4.69) is 5.32 Å². The van der Waals surface area contributed by atoms with E-state index >= 15 is 0 Å². The molecule has 2 fully saturated rings. The molecule has 0 aliphatic heterocycles. The van der Waals surface area contributed by atoms with Crippen LogP contribution in [-0.4, -0.2) is 45.2 Å². The van der Waals surface area contributed by atoms with Gasteiger partial charge in [0.1, 0.15) is 0 Å². The fraction of sp³-hybridized carbons (Fsp3) is 1.00. The number of nitrogens with one attached hydrogen (secondary N) is 1. The van der Waals surface area contributed by atoms with Gasteiger partial charge < -0.3 is 10.1 Å². The summed E-state index contributed by atoms with van der Waals surface area (Å²) in [5.74, 6) is 0. The molecule has 94 valence electrons. The Morgan fingerprint density at radius 3 is 2.50 bits per heavy atom. The van der Waals surface area contributed by atoms with Crippen LogP contribution in [0.15, 0.2) is 0 Å². The average molecular weight is 247 g/mol. The molecular weight excluding hydrogens is 226 g/mol. The zero-order valence-corrected chi connectivity index (χ0v) is 10.8. The molecule has 0 aromatic carbocycles. The molecule has 0 heterocycles. The molecule has 0 saturated heterocycles. The van der Waals surface area contributed by atoms with Gasteiger partial charge in [0.15, 0.2) is 9.84 Å². The molecule has 16 heavy (non-hydrogen) atoms. The fourth-order valence-corrected chi connectivity index (χ4v) is 4.23. The number of methoxy groups -OCH3 is 1. The molecule has 2 atom stereocenters. The van der Waals surface area contributed by atoms with E-state index in [1.807, 2.05) is 0 Å². The molecule has 4 nitrogen and oxygen atoms in total. The van der Waals surface area contributed by atoms with Crippen LogP contribution in [0.1, 0.15) is 32.1 Å². The van der Waals surface area contributed by atoms with Gasteiger partial charge in [0, 0.05) is 25.4 Å². The van der Waals surface area contributed by atoms with Crippen LogP contribution in [0.25, 0.3) is 0 Å². The molecule has 0 aromatic rings. The van der Waals surface area contributed by atoms with Crippen LogP contribution in [0.2, 0.25) is 0 Å². The quantitative estimate of drug-likeness (QED) is 0.795. The lowest BCUT2D eigenvalue weighted by atomic mass is 9.88. The minimum atomic E-state index is -2.89. The van der Waals surface area contributed by atoms with Crippen LogP contribution in [0, 0.1) is 0 Å². The summed E-state index contributed by atoms with van der Waals surface area (Å²) < 4.78 is 28.4. The van der Waals surface area contributed by atoms with Crippen LogP contribution in [0.3, 0.4) is 0 Å². The van der Waals surface area contributed by atoms with Crippen molar-refractivity contribution in [2.45, 2.75) is 55.5 Å². The summed E-state index contributed by atoms with van der Waals surface area (Å²) in [7, 11) is -1.16. The van der Waals surface area contributed by atoms with Crippen LogP contribution < -0.4 is 5.32 Å². The Kier molecular flexibility index (Phi) is 3.56. The Balaban J connectivity index is 1.86. The predicted octanol–water partition coefficient (Wildman–Crippen LogP) is 0.719. The van der Waals surface area contributed by atoms with Crippen molar-refractivity contribution >= 4 is 9.84 Å². The van der Waals surface area contributed by atoms with Crippen LogP contribution in [0.5, 0.6) is 0 Å². The standard InChI is InChI=1S/C11H21NO3S/c1-15-9-6-8(7-9)12-10-4-3-5-11(10)16(2,13)14/h8-12H,3-7H2,1-2H3. The van der Waals surface area contributed by atoms with Crippen molar-refractivity contribution in [2.75, 3.05) is 13.4 Å². The lowest BCUT2D eigenvalue weighted by molar-refractivity contribution is 0.0145. The predicted molar refractivity (Wildman–Crippen MR) is 63.2 cm³/mol. The van der Waals surface area contributed by atoms with Gasteiger partial charge in [0.2, 0.25) is 0 Å². The van der Waals surface area contributed by atoms with Crippen molar-refractivity contribution in [2.24, 2.45) is 0 Å². The summed E-state index contributed by atoms with van der Waals surface area (Å²) in [5, 5.41) is 3.30. The number of hydrogen-bond donors (Lipinski definition) is 1.